The Kier molecular flexibility index (Phi) is 11.5. The number of allylic oxidation sites excluding steroid dienone is 1. The predicted molar refractivity (Wildman–Crippen MR) is 75.0 cm³/mol. The second-order valence-electron chi connectivity index (χ2n) is 2.92. The van der Waals surface area contributed by atoms with Gasteiger partial charge in [0.1, 0.15) is 0 Å². The highest BCUT2D eigenvalue weighted by Crippen LogP contribution is 2.17. The molecule has 1 N–H and O–H groups in total. The third-order valence-electron chi connectivity index (χ3n) is 2.09. The molecule has 0 bridgehead atoms. The molecule has 1 aromatic carbocycles. The molecular formula is C15H24O2. The number of benzene rings is 1. The third-order valence-corrected chi connectivity index (χ3v) is 2.09. The Morgan fingerprint density at radius 2 is 1.35 bits per heavy atom. The molecule has 0 aromatic heterocycles. The highest BCUT2D eigenvalue weighted by molar-refractivity contribution is 5.95. The van der Waals surface area contributed by atoms with E-state index in [1.165, 1.54) is 0 Å². The van der Waals surface area contributed by atoms with Crippen LogP contribution in [0.4, 0.5) is 0 Å². The van der Waals surface area contributed by atoms with E-state index in [1.54, 1.807) is 6.92 Å². The molecule has 0 aliphatic rings. The monoisotopic (exact) mass is 236 g/mol. The summed E-state index contributed by atoms with van der Waals surface area (Å²) in [5, 5.41) is 8.76. The second-order valence-corrected chi connectivity index (χ2v) is 2.92. The maximum Gasteiger partial charge on any atom is 0.331 e. The van der Waals surface area contributed by atoms with Gasteiger partial charge in [0, 0.05) is 5.57 Å². The lowest BCUT2D eigenvalue weighted by Gasteiger charge is -2.03. The molecule has 0 unspecified atom stereocenters. The average Bonchev–Trinajstić information content (AvgIpc) is 2.42. The molecule has 0 aliphatic carbocycles. The van der Waals surface area contributed by atoms with Crippen LogP contribution in [0, 0.1) is 0 Å². The highest BCUT2D eigenvalue weighted by atomic mass is 16.4. The first-order valence-electron chi connectivity index (χ1n) is 6.09. The largest absolute Gasteiger partial charge is 0.478 e. The van der Waals surface area contributed by atoms with Crippen molar-refractivity contribution in [3.05, 3.63) is 41.5 Å². The molecule has 0 heterocycles. The zero-order valence-electron chi connectivity index (χ0n) is 11.7. The molecule has 0 atom stereocenters. The van der Waals surface area contributed by atoms with Gasteiger partial charge >= 0.3 is 5.97 Å². The van der Waals surface area contributed by atoms with Gasteiger partial charge in [0.2, 0.25) is 0 Å². The van der Waals surface area contributed by atoms with Crippen molar-refractivity contribution in [3.63, 3.8) is 0 Å². The molecule has 1 aromatic rings. The van der Waals surface area contributed by atoms with E-state index in [-0.39, 0.29) is 0 Å². The van der Waals surface area contributed by atoms with Gasteiger partial charge in [-0.3, -0.25) is 0 Å². The molecule has 0 amide bonds. The van der Waals surface area contributed by atoms with Crippen molar-refractivity contribution in [2.75, 3.05) is 0 Å². The lowest BCUT2D eigenvalue weighted by Crippen LogP contribution is -1.98. The van der Waals surface area contributed by atoms with Crippen molar-refractivity contribution >= 4 is 11.5 Å². The van der Waals surface area contributed by atoms with Crippen molar-refractivity contribution in [1.29, 1.82) is 0 Å². The van der Waals surface area contributed by atoms with Gasteiger partial charge in [0.05, 0.1) is 0 Å². The van der Waals surface area contributed by atoms with E-state index in [1.807, 2.05) is 65.0 Å². The fraction of sp³-hybridized carbons (Fsp3) is 0.400. The lowest BCUT2D eigenvalue weighted by molar-refractivity contribution is -0.132. The summed E-state index contributed by atoms with van der Waals surface area (Å²) >= 11 is 0. The quantitative estimate of drug-likeness (QED) is 0.761. The topological polar surface area (TPSA) is 37.3 Å². The molecule has 0 radical (unpaired) electrons. The molecule has 0 saturated carbocycles. The van der Waals surface area contributed by atoms with Crippen LogP contribution in [0.1, 0.15) is 47.1 Å². The zero-order valence-corrected chi connectivity index (χ0v) is 11.7. The standard InChI is InChI=1S/C11H12O2.2C2H6/c1-8(9(2)11(12)13)10-6-4-3-5-7-10;2*1-2/h3-7H,1-2H3,(H,12,13);2*1-2H3/b9-8+;;. The van der Waals surface area contributed by atoms with Gasteiger partial charge in [-0.05, 0) is 25.0 Å². The Hall–Kier alpha value is -1.57. The summed E-state index contributed by atoms with van der Waals surface area (Å²) in [6, 6.07) is 9.51. The van der Waals surface area contributed by atoms with Crippen molar-refractivity contribution in [2.24, 2.45) is 0 Å². The Balaban J connectivity index is 0. The molecule has 0 fully saturated rings. The molecule has 96 valence electrons. The maximum absolute atomic E-state index is 10.7. The lowest BCUT2D eigenvalue weighted by atomic mass is 10.0. The van der Waals surface area contributed by atoms with Crippen molar-refractivity contribution in [3.8, 4) is 0 Å². The van der Waals surface area contributed by atoms with Gasteiger partial charge in [-0.15, -0.1) is 0 Å². The third kappa shape index (κ3) is 6.56. The van der Waals surface area contributed by atoms with E-state index in [0.29, 0.717) is 5.57 Å². The second kappa shape index (κ2) is 10.9. The van der Waals surface area contributed by atoms with Crippen molar-refractivity contribution < 1.29 is 9.90 Å². The Morgan fingerprint density at radius 3 is 1.71 bits per heavy atom. The first kappa shape index (κ1) is 17.8. The van der Waals surface area contributed by atoms with Crippen LogP contribution in [0.5, 0.6) is 0 Å². The van der Waals surface area contributed by atoms with E-state index in [2.05, 4.69) is 0 Å². The Bertz CT molecular complexity index is 337. The van der Waals surface area contributed by atoms with Gasteiger partial charge in [-0.2, -0.15) is 0 Å². The van der Waals surface area contributed by atoms with Crippen LogP contribution < -0.4 is 0 Å². The number of rotatable bonds is 2. The van der Waals surface area contributed by atoms with Crippen LogP contribution in [0.3, 0.4) is 0 Å². The first-order chi connectivity index (χ1) is 8.13. The summed E-state index contributed by atoms with van der Waals surface area (Å²) in [4.78, 5) is 10.7. The smallest absolute Gasteiger partial charge is 0.331 e. The normalized spacial score (nSPS) is 10.0. The van der Waals surface area contributed by atoms with E-state index in [4.69, 9.17) is 5.11 Å². The summed E-state index contributed by atoms with van der Waals surface area (Å²) in [5.74, 6) is -0.860. The minimum Gasteiger partial charge on any atom is -0.478 e. The number of aliphatic carboxylic acids is 1. The molecule has 17 heavy (non-hydrogen) atoms. The summed E-state index contributed by atoms with van der Waals surface area (Å²) in [5.41, 5.74) is 2.17. The molecule has 0 aliphatic heterocycles. The zero-order chi connectivity index (χ0) is 13.8. The maximum atomic E-state index is 10.7. The van der Waals surface area contributed by atoms with Gasteiger partial charge in [0.15, 0.2) is 0 Å². The fourth-order valence-corrected chi connectivity index (χ4v) is 1.07. The molecule has 0 saturated heterocycles. The summed E-state index contributed by atoms with van der Waals surface area (Å²) < 4.78 is 0. The first-order valence-corrected chi connectivity index (χ1v) is 6.09. The van der Waals surface area contributed by atoms with E-state index < -0.39 is 5.97 Å². The summed E-state index contributed by atoms with van der Waals surface area (Å²) in [6.45, 7) is 11.4. The molecule has 2 nitrogen and oxygen atoms in total. The fourth-order valence-electron chi connectivity index (χ4n) is 1.07. The SMILES string of the molecule is C/C(C(=O)O)=C(/C)c1ccccc1.CC.CC. The van der Waals surface area contributed by atoms with Crippen LogP contribution in [-0.4, -0.2) is 11.1 Å². The van der Waals surface area contributed by atoms with Gasteiger partial charge in [0.25, 0.3) is 0 Å². The van der Waals surface area contributed by atoms with Crippen LogP contribution in [-0.2, 0) is 4.79 Å². The molecule has 1 rings (SSSR count). The highest BCUT2D eigenvalue weighted by Gasteiger charge is 2.05. The van der Waals surface area contributed by atoms with Crippen LogP contribution >= 0.6 is 0 Å². The number of carbonyl (C=O) groups is 1. The average molecular weight is 236 g/mol. The number of carboxylic acids is 1. The molecule has 0 spiro atoms. The van der Waals surface area contributed by atoms with Crippen LogP contribution in [0.2, 0.25) is 0 Å². The molecule has 2 heteroatoms. The van der Waals surface area contributed by atoms with Crippen LogP contribution in [0.15, 0.2) is 35.9 Å². The van der Waals surface area contributed by atoms with Crippen molar-refractivity contribution in [1.82, 2.24) is 0 Å². The summed E-state index contributed by atoms with van der Waals surface area (Å²) in [7, 11) is 0. The minimum atomic E-state index is -0.860. The van der Waals surface area contributed by atoms with Gasteiger partial charge in [-0.1, -0.05) is 58.0 Å². The Morgan fingerprint density at radius 1 is 0.941 bits per heavy atom. The number of carboxylic acid groups (broad SMARTS) is 1. The minimum absolute atomic E-state index is 0.395. The summed E-state index contributed by atoms with van der Waals surface area (Å²) in [6.07, 6.45) is 0. The number of hydrogen-bond donors (Lipinski definition) is 1. The van der Waals surface area contributed by atoms with E-state index in [0.717, 1.165) is 11.1 Å². The molecular weight excluding hydrogens is 212 g/mol. The van der Waals surface area contributed by atoms with Gasteiger partial charge in [-0.25, -0.2) is 4.79 Å². The van der Waals surface area contributed by atoms with Gasteiger partial charge < -0.3 is 5.11 Å². The van der Waals surface area contributed by atoms with E-state index in [9.17, 15) is 4.79 Å². The van der Waals surface area contributed by atoms with Crippen molar-refractivity contribution in [2.45, 2.75) is 41.5 Å². The Labute approximate surface area is 105 Å². The predicted octanol–water partition coefficient (Wildman–Crippen LogP) is 4.62. The number of hydrogen-bond acceptors (Lipinski definition) is 1. The van der Waals surface area contributed by atoms with Crippen LogP contribution in [0.25, 0.3) is 5.57 Å². The van der Waals surface area contributed by atoms with E-state index >= 15 is 0 Å².